The molecule has 60 valence electrons. The number of amides is 1. The predicted molar refractivity (Wildman–Crippen MR) is 42.3 cm³/mol. The Morgan fingerprint density at radius 1 is 1.75 bits per heavy atom. The van der Waals surface area contributed by atoms with Crippen LogP contribution in [0.1, 0.15) is 10.4 Å². The SMILES string of the molecule is N#CNC(=O)c1ccnc(Cl)c1. The number of hydrogen-bond acceptors (Lipinski definition) is 3. The highest BCUT2D eigenvalue weighted by atomic mass is 35.5. The molecule has 0 unspecified atom stereocenters. The summed E-state index contributed by atoms with van der Waals surface area (Å²) in [7, 11) is 0. The second-order valence-corrected chi connectivity index (χ2v) is 2.32. The monoisotopic (exact) mass is 181 g/mol. The number of rotatable bonds is 1. The molecule has 0 saturated heterocycles. The van der Waals surface area contributed by atoms with E-state index >= 15 is 0 Å². The number of pyridine rings is 1. The maximum atomic E-state index is 11.0. The lowest BCUT2D eigenvalue weighted by Gasteiger charge is -1.95. The van der Waals surface area contributed by atoms with Gasteiger partial charge >= 0.3 is 0 Å². The average molecular weight is 182 g/mol. The van der Waals surface area contributed by atoms with E-state index in [1.165, 1.54) is 24.5 Å². The maximum Gasteiger partial charge on any atom is 0.264 e. The third-order valence-electron chi connectivity index (χ3n) is 1.16. The van der Waals surface area contributed by atoms with E-state index in [1.807, 2.05) is 5.32 Å². The van der Waals surface area contributed by atoms with Crippen LogP contribution in [0, 0.1) is 11.5 Å². The molecule has 0 spiro atoms. The van der Waals surface area contributed by atoms with Crippen LogP contribution in [-0.2, 0) is 0 Å². The van der Waals surface area contributed by atoms with Gasteiger partial charge < -0.3 is 0 Å². The van der Waals surface area contributed by atoms with Gasteiger partial charge in [0.2, 0.25) is 0 Å². The number of nitrogens with one attached hydrogen (secondary N) is 1. The fraction of sp³-hybridized carbons (Fsp3) is 0. The Kier molecular flexibility index (Phi) is 2.62. The molecule has 0 bridgehead atoms. The summed E-state index contributed by atoms with van der Waals surface area (Å²) in [5.41, 5.74) is 0.316. The molecule has 1 N–H and O–H groups in total. The van der Waals surface area contributed by atoms with Gasteiger partial charge in [-0.05, 0) is 12.1 Å². The highest BCUT2D eigenvalue weighted by molar-refractivity contribution is 6.29. The second-order valence-electron chi connectivity index (χ2n) is 1.93. The van der Waals surface area contributed by atoms with Crippen LogP contribution in [0.3, 0.4) is 0 Å². The van der Waals surface area contributed by atoms with Crippen molar-refractivity contribution in [1.29, 1.82) is 5.26 Å². The summed E-state index contributed by atoms with van der Waals surface area (Å²) in [4.78, 5) is 14.7. The van der Waals surface area contributed by atoms with E-state index in [0.717, 1.165) is 0 Å². The summed E-state index contributed by atoms with van der Waals surface area (Å²) in [5.74, 6) is -0.484. The van der Waals surface area contributed by atoms with Crippen LogP contribution >= 0.6 is 11.6 Å². The van der Waals surface area contributed by atoms with Crippen LogP contribution in [0.15, 0.2) is 18.3 Å². The van der Waals surface area contributed by atoms with Crippen molar-refractivity contribution in [3.63, 3.8) is 0 Å². The molecule has 0 aliphatic rings. The maximum absolute atomic E-state index is 11.0. The van der Waals surface area contributed by atoms with E-state index in [-0.39, 0.29) is 5.15 Å². The van der Waals surface area contributed by atoms with Crippen molar-refractivity contribution in [1.82, 2.24) is 10.3 Å². The number of nitriles is 1. The molecule has 0 atom stereocenters. The number of aromatic nitrogens is 1. The van der Waals surface area contributed by atoms with Crippen molar-refractivity contribution in [2.24, 2.45) is 0 Å². The highest BCUT2D eigenvalue weighted by Gasteiger charge is 2.03. The summed E-state index contributed by atoms with van der Waals surface area (Å²) in [6.45, 7) is 0. The molecule has 12 heavy (non-hydrogen) atoms. The molecule has 1 amide bonds. The van der Waals surface area contributed by atoms with Gasteiger partial charge in [-0.3, -0.25) is 10.1 Å². The molecule has 0 radical (unpaired) electrons. The van der Waals surface area contributed by atoms with Gasteiger partial charge in [0.1, 0.15) is 5.15 Å². The third-order valence-corrected chi connectivity index (χ3v) is 1.36. The van der Waals surface area contributed by atoms with E-state index in [0.29, 0.717) is 5.56 Å². The molecule has 1 aromatic rings. The highest BCUT2D eigenvalue weighted by Crippen LogP contribution is 2.06. The van der Waals surface area contributed by atoms with Crippen molar-refractivity contribution in [3.8, 4) is 6.19 Å². The smallest absolute Gasteiger partial charge is 0.264 e. The van der Waals surface area contributed by atoms with E-state index in [9.17, 15) is 4.79 Å². The molecular weight excluding hydrogens is 178 g/mol. The van der Waals surface area contributed by atoms with Crippen molar-refractivity contribution in [2.45, 2.75) is 0 Å². The van der Waals surface area contributed by atoms with E-state index in [4.69, 9.17) is 16.9 Å². The molecule has 5 heteroatoms. The number of hydrogen-bond donors (Lipinski definition) is 1. The van der Waals surface area contributed by atoms with Crippen LogP contribution in [0.2, 0.25) is 5.15 Å². The summed E-state index contributed by atoms with van der Waals surface area (Å²) in [6, 6.07) is 2.85. The topological polar surface area (TPSA) is 65.8 Å². The number of nitrogens with zero attached hydrogens (tertiary/aromatic N) is 2. The molecule has 0 aliphatic heterocycles. The Labute approximate surface area is 73.8 Å². The lowest BCUT2D eigenvalue weighted by molar-refractivity contribution is 0.0973. The van der Waals surface area contributed by atoms with Crippen LogP contribution in [-0.4, -0.2) is 10.9 Å². The van der Waals surface area contributed by atoms with Gasteiger partial charge in [-0.25, -0.2) is 4.98 Å². The number of carbonyl (C=O) groups excluding carboxylic acids is 1. The first kappa shape index (κ1) is 8.50. The van der Waals surface area contributed by atoms with Gasteiger partial charge in [0.25, 0.3) is 5.91 Å². The second kappa shape index (κ2) is 3.69. The summed E-state index contributed by atoms with van der Waals surface area (Å²) in [5, 5.41) is 10.3. The Balaban J connectivity index is 2.90. The molecule has 1 heterocycles. The van der Waals surface area contributed by atoms with Crippen LogP contribution < -0.4 is 5.32 Å². The van der Waals surface area contributed by atoms with Gasteiger partial charge in [-0.2, -0.15) is 5.26 Å². The summed E-state index contributed by atoms with van der Waals surface area (Å²) >= 11 is 5.52. The standard InChI is InChI=1S/C7H4ClN3O/c8-6-3-5(1-2-10-6)7(12)11-4-9/h1-3H,(H,11,12). The van der Waals surface area contributed by atoms with Crippen molar-refractivity contribution in [2.75, 3.05) is 0 Å². The van der Waals surface area contributed by atoms with Crippen molar-refractivity contribution in [3.05, 3.63) is 29.0 Å². The Morgan fingerprint density at radius 2 is 2.50 bits per heavy atom. The van der Waals surface area contributed by atoms with E-state index in [2.05, 4.69) is 4.98 Å². The van der Waals surface area contributed by atoms with E-state index < -0.39 is 5.91 Å². The first-order valence-electron chi connectivity index (χ1n) is 3.05. The van der Waals surface area contributed by atoms with Gasteiger partial charge in [-0.15, -0.1) is 0 Å². The largest absolute Gasteiger partial charge is 0.268 e. The molecule has 0 aromatic carbocycles. The molecule has 4 nitrogen and oxygen atoms in total. The van der Waals surface area contributed by atoms with Crippen LogP contribution in [0.4, 0.5) is 0 Å². The van der Waals surface area contributed by atoms with Gasteiger partial charge in [-0.1, -0.05) is 11.6 Å². The number of halogens is 1. The fourth-order valence-electron chi connectivity index (χ4n) is 0.667. The lowest BCUT2D eigenvalue weighted by Crippen LogP contribution is -2.17. The minimum absolute atomic E-state index is 0.223. The van der Waals surface area contributed by atoms with Crippen LogP contribution in [0.25, 0.3) is 0 Å². The van der Waals surface area contributed by atoms with Gasteiger partial charge in [0.15, 0.2) is 6.19 Å². The summed E-state index contributed by atoms with van der Waals surface area (Å²) in [6.07, 6.45) is 2.92. The first-order chi connectivity index (χ1) is 5.74. The summed E-state index contributed by atoms with van der Waals surface area (Å²) < 4.78 is 0. The number of carbonyl (C=O) groups is 1. The first-order valence-corrected chi connectivity index (χ1v) is 3.43. The quantitative estimate of drug-likeness (QED) is 0.399. The molecule has 1 rings (SSSR count). The van der Waals surface area contributed by atoms with Crippen LogP contribution in [0.5, 0.6) is 0 Å². The van der Waals surface area contributed by atoms with Gasteiger partial charge in [0.05, 0.1) is 0 Å². The molecule has 1 aromatic heterocycles. The minimum atomic E-state index is -0.484. The van der Waals surface area contributed by atoms with Gasteiger partial charge in [0, 0.05) is 11.8 Å². The minimum Gasteiger partial charge on any atom is -0.268 e. The predicted octanol–water partition coefficient (Wildman–Crippen LogP) is 0.946. The Bertz CT molecular complexity index is 345. The molecule has 0 saturated carbocycles. The lowest BCUT2D eigenvalue weighted by atomic mass is 10.2. The Hall–Kier alpha value is -1.60. The zero-order valence-electron chi connectivity index (χ0n) is 5.91. The Morgan fingerprint density at radius 3 is 3.08 bits per heavy atom. The van der Waals surface area contributed by atoms with Crippen molar-refractivity contribution >= 4 is 17.5 Å². The molecule has 0 fully saturated rings. The average Bonchev–Trinajstić information content (AvgIpc) is 2.05. The fourth-order valence-corrected chi connectivity index (χ4v) is 0.841. The normalized spacial score (nSPS) is 8.67. The third kappa shape index (κ3) is 1.94. The molecular formula is C7H4ClN3O. The van der Waals surface area contributed by atoms with E-state index in [1.54, 1.807) is 0 Å². The zero-order valence-corrected chi connectivity index (χ0v) is 6.67. The molecule has 0 aliphatic carbocycles. The van der Waals surface area contributed by atoms with Crippen molar-refractivity contribution < 1.29 is 4.79 Å². The zero-order chi connectivity index (χ0) is 8.97.